The minimum absolute atomic E-state index is 0.660. The van der Waals surface area contributed by atoms with Gasteiger partial charge in [0.25, 0.3) is 0 Å². The molecule has 94 valence electrons. The molecule has 0 aliphatic carbocycles. The average molecular weight is 271 g/mol. The van der Waals surface area contributed by atoms with Gasteiger partial charge in [-0.1, -0.05) is 11.6 Å². The predicted molar refractivity (Wildman–Crippen MR) is 77.7 cm³/mol. The van der Waals surface area contributed by atoms with Crippen LogP contribution in [0, 0.1) is 0 Å². The van der Waals surface area contributed by atoms with E-state index in [1.165, 1.54) is 0 Å². The molecule has 0 radical (unpaired) electrons. The SMILES string of the molecule is Nc1ccc(Oc2ccc(Cl)c3cccnc23)cc1. The Morgan fingerprint density at radius 3 is 2.58 bits per heavy atom. The Bertz CT molecular complexity index is 726. The summed E-state index contributed by atoms with van der Waals surface area (Å²) in [5, 5.41) is 1.53. The first-order chi connectivity index (χ1) is 9.24. The highest BCUT2D eigenvalue weighted by molar-refractivity contribution is 6.35. The predicted octanol–water partition coefficient (Wildman–Crippen LogP) is 4.26. The van der Waals surface area contributed by atoms with E-state index in [1.807, 2.05) is 30.3 Å². The van der Waals surface area contributed by atoms with Crippen LogP contribution < -0.4 is 10.5 Å². The van der Waals surface area contributed by atoms with Crippen molar-refractivity contribution in [2.45, 2.75) is 0 Å². The Hall–Kier alpha value is -2.26. The number of nitrogens with two attached hydrogens (primary N) is 1. The van der Waals surface area contributed by atoms with Crippen LogP contribution >= 0.6 is 11.6 Å². The number of pyridine rings is 1. The number of fused-ring (bicyclic) bond motifs is 1. The fourth-order valence-electron chi connectivity index (χ4n) is 1.86. The number of aromatic nitrogens is 1. The van der Waals surface area contributed by atoms with E-state index >= 15 is 0 Å². The smallest absolute Gasteiger partial charge is 0.153 e. The van der Waals surface area contributed by atoms with Gasteiger partial charge >= 0.3 is 0 Å². The van der Waals surface area contributed by atoms with E-state index in [9.17, 15) is 0 Å². The summed E-state index contributed by atoms with van der Waals surface area (Å²) in [5.41, 5.74) is 7.09. The third kappa shape index (κ3) is 2.33. The molecule has 0 amide bonds. The van der Waals surface area contributed by atoms with Crippen molar-refractivity contribution in [3.05, 3.63) is 59.8 Å². The Morgan fingerprint density at radius 1 is 1.00 bits per heavy atom. The number of nitrogen functional groups attached to an aromatic ring is 1. The molecule has 1 aromatic heterocycles. The maximum atomic E-state index is 6.14. The van der Waals surface area contributed by atoms with Crippen LogP contribution in [0.25, 0.3) is 10.9 Å². The lowest BCUT2D eigenvalue weighted by molar-refractivity contribution is 0.487. The fraction of sp³-hybridized carbons (Fsp3) is 0. The number of benzene rings is 2. The molecule has 0 saturated heterocycles. The van der Waals surface area contributed by atoms with Gasteiger partial charge in [0.2, 0.25) is 0 Å². The first-order valence-corrected chi connectivity index (χ1v) is 6.18. The molecule has 3 rings (SSSR count). The molecule has 1 heterocycles. The zero-order valence-electron chi connectivity index (χ0n) is 10.0. The first-order valence-electron chi connectivity index (χ1n) is 5.81. The molecule has 3 nitrogen and oxygen atoms in total. The average Bonchev–Trinajstić information content (AvgIpc) is 2.45. The molecule has 0 saturated carbocycles. The molecule has 0 spiro atoms. The maximum Gasteiger partial charge on any atom is 0.153 e. The Morgan fingerprint density at radius 2 is 1.79 bits per heavy atom. The topological polar surface area (TPSA) is 48.1 Å². The highest BCUT2D eigenvalue weighted by Gasteiger charge is 2.07. The fourth-order valence-corrected chi connectivity index (χ4v) is 2.07. The van der Waals surface area contributed by atoms with Crippen molar-refractivity contribution in [3.8, 4) is 11.5 Å². The molecule has 2 aromatic carbocycles. The van der Waals surface area contributed by atoms with Crippen molar-refractivity contribution < 1.29 is 4.74 Å². The third-order valence-corrected chi connectivity index (χ3v) is 3.12. The van der Waals surface area contributed by atoms with Crippen LogP contribution in [-0.2, 0) is 0 Å². The lowest BCUT2D eigenvalue weighted by atomic mass is 10.2. The zero-order chi connectivity index (χ0) is 13.2. The molecule has 0 bridgehead atoms. The highest BCUT2D eigenvalue weighted by Crippen LogP contribution is 2.32. The molecule has 3 aromatic rings. The standard InChI is InChI=1S/C15H11ClN2O/c16-13-7-8-14(15-12(13)2-1-9-18-15)19-11-5-3-10(17)4-6-11/h1-9H,17H2. The number of rotatable bonds is 2. The second-order valence-electron chi connectivity index (χ2n) is 4.12. The number of hydrogen-bond donors (Lipinski definition) is 1. The van der Waals surface area contributed by atoms with Crippen LogP contribution in [0.1, 0.15) is 0 Å². The Labute approximate surface area is 115 Å². The molecule has 0 aliphatic heterocycles. The first kappa shape index (κ1) is 11.8. The van der Waals surface area contributed by atoms with E-state index in [-0.39, 0.29) is 0 Å². The summed E-state index contributed by atoms with van der Waals surface area (Å²) in [6.07, 6.45) is 1.72. The second-order valence-corrected chi connectivity index (χ2v) is 4.52. The number of anilines is 1. The molecule has 0 aliphatic rings. The van der Waals surface area contributed by atoms with Crippen molar-refractivity contribution in [1.82, 2.24) is 4.98 Å². The lowest BCUT2D eigenvalue weighted by Crippen LogP contribution is -1.89. The third-order valence-electron chi connectivity index (χ3n) is 2.79. The van der Waals surface area contributed by atoms with Crippen molar-refractivity contribution in [2.24, 2.45) is 0 Å². The van der Waals surface area contributed by atoms with E-state index in [1.54, 1.807) is 24.4 Å². The van der Waals surface area contributed by atoms with Gasteiger partial charge in [-0.3, -0.25) is 4.98 Å². The Balaban J connectivity index is 2.06. The van der Waals surface area contributed by atoms with E-state index in [0.717, 1.165) is 10.9 Å². The van der Waals surface area contributed by atoms with E-state index in [0.29, 0.717) is 22.2 Å². The largest absolute Gasteiger partial charge is 0.455 e. The molecular formula is C15H11ClN2O. The van der Waals surface area contributed by atoms with Crippen LogP contribution in [0.5, 0.6) is 11.5 Å². The van der Waals surface area contributed by atoms with E-state index in [2.05, 4.69) is 4.98 Å². The van der Waals surface area contributed by atoms with Gasteiger partial charge in [-0.15, -0.1) is 0 Å². The molecule has 19 heavy (non-hydrogen) atoms. The van der Waals surface area contributed by atoms with Crippen molar-refractivity contribution in [1.29, 1.82) is 0 Å². The summed E-state index contributed by atoms with van der Waals surface area (Å²) in [4.78, 5) is 4.32. The van der Waals surface area contributed by atoms with Crippen LogP contribution in [-0.4, -0.2) is 4.98 Å². The minimum atomic E-state index is 0.660. The van der Waals surface area contributed by atoms with Crippen LogP contribution in [0.4, 0.5) is 5.69 Å². The molecule has 4 heteroatoms. The van der Waals surface area contributed by atoms with Gasteiger partial charge in [0.15, 0.2) is 5.75 Å². The lowest BCUT2D eigenvalue weighted by Gasteiger charge is -2.09. The van der Waals surface area contributed by atoms with Gasteiger partial charge in [0, 0.05) is 17.3 Å². The van der Waals surface area contributed by atoms with E-state index in [4.69, 9.17) is 22.1 Å². The summed E-state index contributed by atoms with van der Waals surface area (Å²) in [5.74, 6) is 1.38. The normalized spacial score (nSPS) is 10.6. The van der Waals surface area contributed by atoms with Gasteiger partial charge in [-0.05, 0) is 48.5 Å². The summed E-state index contributed by atoms with van der Waals surface area (Å²) >= 11 is 6.14. The summed E-state index contributed by atoms with van der Waals surface area (Å²) in [6.45, 7) is 0. The van der Waals surface area contributed by atoms with Crippen molar-refractivity contribution >= 4 is 28.2 Å². The Kier molecular flexibility index (Phi) is 2.97. The van der Waals surface area contributed by atoms with Crippen LogP contribution in [0.2, 0.25) is 5.02 Å². The maximum absolute atomic E-state index is 6.14. The molecule has 0 unspecified atom stereocenters. The quantitative estimate of drug-likeness (QED) is 0.708. The molecule has 2 N–H and O–H groups in total. The van der Waals surface area contributed by atoms with Gasteiger partial charge in [0.1, 0.15) is 11.3 Å². The number of ether oxygens (including phenoxy) is 1. The van der Waals surface area contributed by atoms with E-state index < -0.39 is 0 Å². The number of halogens is 1. The summed E-state index contributed by atoms with van der Waals surface area (Å²) in [6, 6.07) is 14.6. The monoisotopic (exact) mass is 270 g/mol. The number of hydrogen-bond acceptors (Lipinski definition) is 3. The van der Waals surface area contributed by atoms with Gasteiger partial charge in [-0.25, -0.2) is 0 Å². The van der Waals surface area contributed by atoms with Gasteiger partial charge < -0.3 is 10.5 Å². The molecular weight excluding hydrogens is 260 g/mol. The molecule has 0 fully saturated rings. The van der Waals surface area contributed by atoms with Crippen molar-refractivity contribution in [2.75, 3.05) is 5.73 Å². The zero-order valence-corrected chi connectivity index (χ0v) is 10.8. The second kappa shape index (κ2) is 4.78. The molecule has 0 atom stereocenters. The van der Waals surface area contributed by atoms with Gasteiger partial charge in [0.05, 0.1) is 5.02 Å². The van der Waals surface area contributed by atoms with Crippen LogP contribution in [0.3, 0.4) is 0 Å². The van der Waals surface area contributed by atoms with Crippen LogP contribution in [0.15, 0.2) is 54.7 Å². The van der Waals surface area contributed by atoms with Crippen molar-refractivity contribution in [3.63, 3.8) is 0 Å². The minimum Gasteiger partial charge on any atom is -0.455 e. The van der Waals surface area contributed by atoms with Gasteiger partial charge in [-0.2, -0.15) is 0 Å². The summed E-state index contributed by atoms with van der Waals surface area (Å²) in [7, 11) is 0. The number of nitrogens with zero attached hydrogens (tertiary/aromatic N) is 1. The highest BCUT2D eigenvalue weighted by atomic mass is 35.5. The summed E-state index contributed by atoms with van der Waals surface area (Å²) < 4.78 is 5.82.